The van der Waals surface area contributed by atoms with Gasteiger partial charge in [-0.2, -0.15) is 10.4 Å². The average molecular weight is 416 g/mol. The Labute approximate surface area is 180 Å². The third-order valence-electron chi connectivity index (χ3n) is 5.91. The van der Waals surface area contributed by atoms with E-state index < -0.39 is 0 Å². The Bertz CT molecular complexity index is 1170. The van der Waals surface area contributed by atoms with Crippen LogP contribution in [0.1, 0.15) is 31.4 Å². The predicted molar refractivity (Wildman–Crippen MR) is 116 cm³/mol. The minimum absolute atomic E-state index is 0.0326. The summed E-state index contributed by atoms with van der Waals surface area (Å²) in [7, 11) is 2.12. The third kappa shape index (κ3) is 4.23. The first-order chi connectivity index (χ1) is 15.1. The lowest BCUT2D eigenvalue weighted by molar-refractivity contribution is -0.117. The molecule has 0 spiro atoms. The van der Waals surface area contributed by atoms with Crippen LogP contribution >= 0.6 is 0 Å². The van der Waals surface area contributed by atoms with E-state index in [-0.39, 0.29) is 17.9 Å². The molecule has 5 rings (SSSR count). The Kier molecular flexibility index (Phi) is 5.04. The van der Waals surface area contributed by atoms with Crippen LogP contribution in [0.25, 0.3) is 16.6 Å². The van der Waals surface area contributed by atoms with E-state index in [9.17, 15) is 10.1 Å². The zero-order valence-corrected chi connectivity index (χ0v) is 17.4. The largest absolute Gasteiger partial charge is 0.488 e. The van der Waals surface area contributed by atoms with Gasteiger partial charge in [0.1, 0.15) is 23.6 Å². The van der Waals surface area contributed by atoms with E-state index >= 15 is 0 Å². The van der Waals surface area contributed by atoms with Gasteiger partial charge in [-0.1, -0.05) is 0 Å². The number of pyridine rings is 2. The van der Waals surface area contributed by atoms with Gasteiger partial charge in [0.2, 0.25) is 5.91 Å². The summed E-state index contributed by atoms with van der Waals surface area (Å²) in [5.74, 6) is 1.38. The minimum atomic E-state index is 0.0326. The Morgan fingerprint density at radius 2 is 2.03 bits per heavy atom. The molecule has 0 atom stereocenters. The average Bonchev–Trinajstić information content (AvgIpc) is 3.56. The van der Waals surface area contributed by atoms with E-state index in [2.05, 4.69) is 33.4 Å². The van der Waals surface area contributed by atoms with Crippen LogP contribution in [0.2, 0.25) is 0 Å². The molecule has 3 aromatic rings. The molecule has 1 saturated carbocycles. The van der Waals surface area contributed by atoms with Crippen molar-refractivity contribution in [3.63, 3.8) is 0 Å². The van der Waals surface area contributed by atoms with Gasteiger partial charge in [-0.25, -0.2) is 9.50 Å². The molecule has 0 radical (unpaired) electrons. The van der Waals surface area contributed by atoms with E-state index in [4.69, 9.17) is 4.74 Å². The van der Waals surface area contributed by atoms with Gasteiger partial charge in [0.25, 0.3) is 0 Å². The summed E-state index contributed by atoms with van der Waals surface area (Å²) in [5.41, 5.74) is 2.94. The summed E-state index contributed by atoms with van der Waals surface area (Å²) in [5, 5.41) is 16.7. The number of rotatable bonds is 5. The molecule has 4 heterocycles. The van der Waals surface area contributed by atoms with Crippen molar-refractivity contribution in [2.24, 2.45) is 5.92 Å². The molecule has 2 fully saturated rings. The van der Waals surface area contributed by atoms with Crippen LogP contribution in [0.5, 0.6) is 5.75 Å². The van der Waals surface area contributed by atoms with E-state index in [1.165, 1.54) is 0 Å². The molecule has 1 N–H and O–H groups in total. The van der Waals surface area contributed by atoms with E-state index in [1.54, 1.807) is 16.8 Å². The molecule has 1 saturated heterocycles. The van der Waals surface area contributed by atoms with Gasteiger partial charge in [0.15, 0.2) is 5.82 Å². The number of aromatic nitrogens is 3. The molecule has 1 aliphatic carbocycles. The summed E-state index contributed by atoms with van der Waals surface area (Å²) in [6.45, 7) is 2.00. The molecule has 0 bridgehead atoms. The molecule has 0 unspecified atom stereocenters. The number of hydrogen-bond acceptors (Lipinski definition) is 6. The number of amides is 1. The number of ether oxygens (including phenoxy) is 1. The highest BCUT2D eigenvalue weighted by Gasteiger charge is 2.30. The summed E-state index contributed by atoms with van der Waals surface area (Å²) in [4.78, 5) is 18.6. The molecule has 1 amide bonds. The number of nitrogens with one attached hydrogen (secondary N) is 1. The van der Waals surface area contributed by atoms with Crippen molar-refractivity contribution in [1.82, 2.24) is 19.5 Å². The number of likely N-dealkylation sites (tertiary alicyclic amines) is 1. The Morgan fingerprint density at radius 1 is 1.23 bits per heavy atom. The topological polar surface area (TPSA) is 95.6 Å². The van der Waals surface area contributed by atoms with E-state index in [1.807, 2.05) is 24.4 Å². The zero-order valence-electron chi connectivity index (χ0n) is 17.4. The van der Waals surface area contributed by atoms with Gasteiger partial charge < -0.3 is 15.0 Å². The molecular formula is C23H24N6O2. The van der Waals surface area contributed by atoms with Crippen LogP contribution < -0.4 is 10.1 Å². The Hall–Kier alpha value is -3.44. The second-order valence-corrected chi connectivity index (χ2v) is 8.38. The van der Waals surface area contributed by atoms with Crippen LogP contribution in [0.3, 0.4) is 0 Å². The lowest BCUT2D eigenvalue weighted by atomic mass is 10.0. The maximum Gasteiger partial charge on any atom is 0.228 e. The fourth-order valence-electron chi connectivity index (χ4n) is 3.90. The van der Waals surface area contributed by atoms with E-state index in [0.717, 1.165) is 55.4 Å². The quantitative estimate of drug-likeness (QED) is 0.687. The molecule has 31 heavy (non-hydrogen) atoms. The Balaban J connectivity index is 1.44. The van der Waals surface area contributed by atoms with Crippen molar-refractivity contribution >= 4 is 17.2 Å². The van der Waals surface area contributed by atoms with Gasteiger partial charge in [-0.15, -0.1) is 0 Å². The van der Waals surface area contributed by atoms with Crippen molar-refractivity contribution in [3.8, 4) is 22.9 Å². The van der Waals surface area contributed by atoms with Crippen molar-refractivity contribution in [3.05, 3.63) is 42.4 Å². The van der Waals surface area contributed by atoms with Crippen molar-refractivity contribution in [1.29, 1.82) is 5.26 Å². The molecular weight excluding hydrogens is 392 g/mol. The van der Waals surface area contributed by atoms with Crippen molar-refractivity contribution < 1.29 is 9.53 Å². The molecule has 1 aliphatic heterocycles. The smallest absolute Gasteiger partial charge is 0.228 e. The van der Waals surface area contributed by atoms with Gasteiger partial charge in [0, 0.05) is 36.8 Å². The van der Waals surface area contributed by atoms with Crippen LogP contribution in [-0.4, -0.2) is 51.6 Å². The second kappa shape index (κ2) is 8.00. The van der Waals surface area contributed by atoms with Gasteiger partial charge in [-0.05, 0) is 56.5 Å². The SMILES string of the molecule is CN1CCC(Oc2cnc(C#N)cc2-c2ccn3nc(NC(=O)C4CC4)cc3c2)CC1. The highest BCUT2D eigenvalue weighted by Crippen LogP contribution is 2.33. The lowest BCUT2D eigenvalue weighted by Gasteiger charge is -2.29. The lowest BCUT2D eigenvalue weighted by Crippen LogP contribution is -2.35. The Morgan fingerprint density at radius 3 is 2.77 bits per heavy atom. The van der Waals surface area contributed by atoms with Crippen molar-refractivity contribution in [2.75, 3.05) is 25.5 Å². The number of nitriles is 1. The number of hydrogen-bond donors (Lipinski definition) is 1. The predicted octanol–water partition coefficient (Wildman–Crippen LogP) is 3.09. The monoisotopic (exact) mass is 416 g/mol. The van der Waals surface area contributed by atoms with E-state index in [0.29, 0.717) is 17.3 Å². The normalized spacial score (nSPS) is 17.4. The number of fused-ring (bicyclic) bond motifs is 1. The molecule has 3 aromatic heterocycles. The third-order valence-corrected chi connectivity index (χ3v) is 5.91. The minimum Gasteiger partial charge on any atom is -0.488 e. The summed E-state index contributed by atoms with van der Waals surface area (Å²) in [6, 6.07) is 9.65. The molecule has 2 aliphatic rings. The molecule has 8 nitrogen and oxygen atoms in total. The first-order valence-electron chi connectivity index (χ1n) is 10.6. The van der Waals surface area contributed by atoms with Crippen LogP contribution in [-0.2, 0) is 4.79 Å². The van der Waals surface area contributed by atoms with Crippen LogP contribution in [0, 0.1) is 17.2 Å². The number of carbonyl (C=O) groups is 1. The molecule has 0 aromatic carbocycles. The first kappa shape index (κ1) is 19.5. The summed E-state index contributed by atoms with van der Waals surface area (Å²) in [6.07, 6.45) is 7.45. The maximum atomic E-state index is 12.0. The number of piperidine rings is 1. The maximum absolute atomic E-state index is 12.0. The highest BCUT2D eigenvalue weighted by atomic mass is 16.5. The fourth-order valence-corrected chi connectivity index (χ4v) is 3.90. The van der Waals surface area contributed by atoms with Gasteiger partial charge >= 0.3 is 0 Å². The van der Waals surface area contributed by atoms with Crippen LogP contribution in [0.4, 0.5) is 5.82 Å². The number of nitrogens with zero attached hydrogens (tertiary/aromatic N) is 5. The second-order valence-electron chi connectivity index (χ2n) is 8.38. The summed E-state index contributed by atoms with van der Waals surface area (Å²) >= 11 is 0. The van der Waals surface area contributed by atoms with Crippen LogP contribution in [0.15, 0.2) is 36.7 Å². The van der Waals surface area contributed by atoms with Crippen molar-refractivity contribution in [2.45, 2.75) is 31.8 Å². The zero-order chi connectivity index (χ0) is 21.4. The number of anilines is 1. The molecule has 158 valence electrons. The van der Waals surface area contributed by atoms with Gasteiger partial charge in [0.05, 0.1) is 11.7 Å². The highest BCUT2D eigenvalue weighted by molar-refractivity contribution is 5.93. The fraction of sp³-hybridized carbons (Fsp3) is 0.391. The molecule has 8 heteroatoms. The standard InChI is InChI=1S/C23H24N6O2/c1-28-7-5-19(6-8-28)31-21-14-25-17(13-24)11-20(21)16-4-9-29-18(10-16)12-22(27-29)26-23(30)15-2-3-15/h4,9-12,14-15,19H,2-3,5-8H2,1H3,(H,26,27,30). The first-order valence-corrected chi connectivity index (χ1v) is 10.6. The van der Waals surface area contributed by atoms with Gasteiger partial charge in [-0.3, -0.25) is 4.79 Å². The summed E-state index contributed by atoms with van der Waals surface area (Å²) < 4.78 is 8.05. The number of carbonyl (C=O) groups excluding carboxylic acids is 1.